The first-order valence-electron chi connectivity index (χ1n) is 10.9. The van der Waals surface area contributed by atoms with Crippen LogP contribution in [0.5, 0.6) is 5.75 Å². The average molecular weight is 423 g/mol. The highest BCUT2D eigenvalue weighted by molar-refractivity contribution is 6.07. The van der Waals surface area contributed by atoms with Gasteiger partial charge in [-0.05, 0) is 56.6 Å². The first kappa shape index (κ1) is 19.9. The van der Waals surface area contributed by atoms with Crippen molar-refractivity contribution in [1.82, 2.24) is 20.3 Å². The van der Waals surface area contributed by atoms with E-state index in [1.165, 1.54) is 18.5 Å². The van der Waals surface area contributed by atoms with Crippen LogP contribution < -0.4 is 15.8 Å². The Hall–Kier alpha value is -3.00. The van der Waals surface area contributed by atoms with E-state index in [2.05, 4.69) is 20.3 Å². The zero-order valence-electron chi connectivity index (χ0n) is 17.2. The monoisotopic (exact) mass is 423 g/mol. The van der Waals surface area contributed by atoms with Crippen LogP contribution in [-0.2, 0) is 0 Å². The molecule has 1 aromatic carbocycles. The molecule has 162 valence electrons. The van der Waals surface area contributed by atoms with E-state index in [1.54, 1.807) is 12.3 Å². The summed E-state index contributed by atoms with van der Waals surface area (Å²) in [5.41, 5.74) is 8.85. The molecule has 2 aliphatic rings. The molecule has 2 aromatic heterocycles. The number of aromatic amines is 1. The van der Waals surface area contributed by atoms with Crippen LogP contribution in [0.15, 0.2) is 30.7 Å². The van der Waals surface area contributed by atoms with Crippen molar-refractivity contribution in [3.05, 3.63) is 42.1 Å². The fraction of sp³-hybridized carbons (Fsp3) is 0.435. The van der Waals surface area contributed by atoms with Gasteiger partial charge in [-0.15, -0.1) is 0 Å². The van der Waals surface area contributed by atoms with E-state index in [0.717, 1.165) is 38.5 Å². The zero-order chi connectivity index (χ0) is 21.4. The molecule has 7 nitrogen and oxygen atoms in total. The van der Waals surface area contributed by atoms with E-state index in [1.807, 2.05) is 0 Å². The quantitative estimate of drug-likeness (QED) is 0.562. The Bertz CT molecular complexity index is 1100. The van der Waals surface area contributed by atoms with Gasteiger partial charge in [0.1, 0.15) is 29.1 Å². The summed E-state index contributed by atoms with van der Waals surface area (Å²) < 4.78 is 19.8. The minimum atomic E-state index is -0.362. The third-order valence-corrected chi connectivity index (χ3v) is 6.19. The Labute approximate surface area is 179 Å². The van der Waals surface area contributed by atoms with Gasteiger partial charge in [-0.3, -0.25) is 4.79 Å². The lowest BCUT2D eigenvalue weighted by Crippen LogP contribution is -2.40. The number of nitrogens with zero attached hydrogens (tertiary/aromatic N) is 2. The van der Waals surface area contributed by atoms with Gasteiger partial charge in [0, 0.05) is 29.9 Å². The molecular formula is C23H26FN5O2. The van der Waals surface area contributed by atoms with Gasteiger partial charge < -0.3 is 20.8 Å². The maximum Gasteiger partial charge on any atom is 0.255 e. The molecule has 1 amide bonds. The number of carbonyl (C=O) groups is 1. The number of halogens is 1. The molecule has 0 atom stereocenters. The predicted octanol–water partition coefficient (Wildman–Crippen LogP) is 3.55. The number of H-pyrrole nitrogens is 1. The highest BCUT2D eigenvalue weighted by atomic mass is 19.1. The number of hydrogen-bond donors (Lipinski definition) is 3. The first-order valence-corrected chi connectivity index (χ1v) is 10.9. The standard InChI is InChI=1S/C23H26FN5O2/c24-14-3-8-17(19(9-14)31-11-13-1-2-13)20-22-21(28-12-27-20)18(10-26-22)23(30)29-16-6-4-15(25)5-7-16/h3,8-10,12-13,15-16,26H,1-2,4-7,11,25H2,(H,29,30). The SMILES string of the molecule is NC1CCC(NC(=O)c2c[nH]c3c(-c4ccc(F)cc4OCC4CC4)ncnc23)CC1. The van der Waals surface area contributed by atoms with Crippen LogP contribution >= 0.6 is 0 Å². The topological polar surface area (TPSA) is 106 Å². The van der Waals surface area contributed by atoms with Gasteiger partial charge in [0.15, 0.2) is 0 Å². The fourth-order valence-corrected chi connectivity index (χ4v) is 4.15. The summed E-state index contributed by atoms with van der Waals surface area (Å²) in [7, 11) is 0. The van der Waals surface area contributed by atoms with Gasteiger partial charge in [-0.1, -0.05) is 0 Å². The van der Waals surface area contributed by atoms with Crippen LogP contribution in [0.25, 0.3) is 22.3 Å². The number of rotatable bonds is 6. The summed E-state index contributed by atoms with van der Waals surface area (Å²) in [5.74, 6) is 0.460. The molecule has 0 saturated heterocycles. The Balaban J connectivity index is 1.44. The average Bonchev–Trinajstić information content (AvgIpc) is 3.50. The number of amides is 1. The number of nitrogens with one attached hydrogen (secondary N) is 2. The third-order valence-electron chi connectivity index (χ3n) is 6.19. The summed E-state index contributed by atoms with van der Waals surface area (Å²) in [5, 5.41) is 3.10. The highest BCUT2D eigenvalue weighted by Gasteiger charge is 2.25. The van der Waals surface area contributed by atoms with Gasteiger partial charge in [0.25, 0.3) is 5.91 Å². The Morgan fingerprint density at radius 3 is 2.77 bits per heavy atom. The summed E-state index contributed by atoms with van der Waals surface area (Å²) in [4.78, 5) is 24.8. The molecule has 5 rings (SSSR count). The molecule has 2 fully saturated rings. The van der Waals surface area contributed by atoms with Crippen molar-refractivity contribution in [2.24, 2.45) is 11.7 Å². The molecule has 2 aliphatic carbocycles. The number of aromatic nitrogens is 3. The van der Waals surface area contributed by atoms with Gasteiger partial charge in [-0.2, -0.15) is 0 Å². The van der Waals surface area contributed by atoms with E-state index in [0.29, 0.717) is 46.1 Å². The molecule has 0 bridgehead atoms. The molecule has 0 unspecified atom stereocenters. The molecule has 2 heterocycles. The summed E-state index contributed by atoms with van der Waals surface area (Å²) in [6.45, 7) is 0.564. The number of fused-ring (bicyclic) bond motifs is 1. The molecule has 0 spiro atoms. The lowest BCUT2D eigenvalue weighted by molar-refractivity contribution is 0.0927. The van der Waals surface area contributed by atoms with Crippen molar-refractivity contribution in [2.45, 2.75) is 50.6 Å². The minimum absolute atomic E-state index is 0.123. The molecule has 4 N–H and O–H groups in total. The van der Waals surface area contributed by atoms with Gasteiger partial charge >= 0.3 is 0 Å². The second-order valence-electron chi connectivity index (χ2n) is 8.63. The number of nitrogens with two attached hydrogens (primary N) is 1. The molecule has 0 radical (unpaired) electrons. The summed E-state index contributed by atoms with van der Waals surface area (Å²) >= 11 is 0. The number of benzene rings is 1. The van der Waals surface area contributed by atoms with Crippen LogP contribution in [0.1, 0.15) is 48.9 Å². The van der Waals surface area contributed by atoms with E-state index in [-0.39, 0.29) is 23.8 Å². The normalized spacial score (nSPS) is 21.2. The Kier molecular flexibility index (Phi) is 5.31. The minimum Gasteiger partial charge on any atom is -0.492 e. The van der Waals surface area contributed by atoms with Crippen molar-refractivity contribution in [3.63, 3.8) is 0 Å². The first-order chi connectivity index (χ1) is 15.1. The van der Waals surface area contributed by atoms with Crippen molar-refractivity contribution in [1.29, 1.82) is 0 Å². The van der Waals surface area contributed by atoms with Gasteiger partial charge in [-0.25, -0.2) is 14.4 Å². The molecule has 2 saturated carbocycles. The van der Waals surface area contributed by atoms with Crippen LogP contribution in [0.4, 0.5) is 4.39 Å². The zero-order valence-corrected chi connectivity index (χ0v) is 17.2. The third kappa shape index (κ3) is 4.25. The second kappa shape index (κ2) is 8.26. The highest BCUT2D eigenvalue weighted by Crippen LogP contribution is 2.36. The molecule has 8 heteroatoms. The van der Waals surface area contributed by atoms with Crippen molar-refractivity contribution < 1.29 is 13.9 Å². The van der Waals surface area contributed by atoms with E-state index < -0.39 is 0 Å². The smallest absolute Gasteiger partial charge is 0.255 e. The summed E-state index contributed by atoms with van der Waals surface area (Å²) in [6.07, 6.45) is 8.96. The Morgan fingerprint density at radius 1 is 1.19 bits per heavy atom. The molecule has 3 aromatic rings. The van der Waals surface area contributed by atoms with Crippen LogP contribution in [-0.4, -0.2) is 39.5 Å². The van der Waals surface area contributed by atoms with Crippen LogP contribution in [0.2, 0.25) is 0 Å². The van der Waals surface area contributed by atoms with E-state index >= 15 is 0 Å². The predicted molar refractivity (Wildman–Crippen MR) is 115 cm³/mol. The van der Waals surface area contributed by atoms with Gasteiger partial charge in [0.05, 0.1) is 17.7 Å². The second-order valence-corrected chi connectivity index (χ2v) is 8.63. The number of hydrogen-bond acceptors (Lipinski definition) is 5. The lowest BCUT2D eigenvalue weighted by Gasteiger charge is -2.26. The van der Waals surface area contributed by atoms with E-state index in [4.69, 9.17) is 10.5 Å². The van der Waals surface area contributed by atoms with E-state index in [9.17, 15) is 9.18 Å². The molecule has 31 heavy (non-hydrogen) atoms. The summed E-state index contributed by atoms with van der Waals surface area (Å²) in [6, 6.07) is 4.78. The molecular weight excluding hydrogens is 397 g/mol. The van der Waals surface area contributed by atoms with Crippen LogP contribution in [0.3, 0.4) is 0 Å². The molecule has 0 aliphatic heterocycles. The van der Waals surface area contributed by atoms with Gasteiger partial charge in [0.2, 0.25) is 0 Å². The number of carbonyl (C=O) groups excluding carboxylic acids is 1. The van der Waals surface area contributed by atoms with Crippen molar-refractivity contribution in [3.8, 4) is 17.0 Å². The maximum atomic E-state index is 13.9. The maximum absolute atomic E-state index is 13.9. The number of ether oxygens (including phenoxy) is 1. The lowest BCUT2D eigenvalue weighted by atomic mass is 9.91. The Morgan fingerprint density at radius 2 is 2.00 bits per heavy atom. The largest absolute Gasteiger partial charge is 0.492 e. The fourth-order valence-electron chi connectivity index (χ4n) is 4.15. The van der Waals surface area contributed by atoms with Crippen molar-refractivity contribution in [2.75, 3.05) is 6.61 Å². The van der Waals surface area contributed by atoms with Crippen LogP contribution in [0, 0.1) is 11.7 Å². The van der Waals surface area contributed by atoms with Crippen molar-refractivity contribution >= 4 is 16.9 Å².